The van der Waals surface area contributed by atoms with Crippen molar-refractivity contribution in [2.24, 2.45) is 0 Å². The number of carboxylic acids is 1. The van der Waals surface area contributed by atoms with Gasteiger partial charge in [-0.15, -0.1) is 0 Å². The molecule has 0 saturated carbocycles. The first kappa shape index (κ1) is 11.8. The summed E-state index contributed by atoms with van der Waals surface area (Å²) in [5, 5.41) is 21.2. The summed E-state index contributed by atoms with van der Waals surface area (Å²) in [5.74, 6) is -1.11. The van der Waals surface area contributed by atoms with Crippen LogP contribution >= 0.6 is 11.6 Å². The number of aliphatic hydroxyl groups is 1. The third-order valence-electron chi connectivity index (χ3n) is 2.05. The van der Waals surface area contributed by atoms with Gasteiger partial charge in [0.05, 0.1) is 6.61 Å². The summed E-state index contributed by atoms with van der Waals surface area (Å²) in [7, 11) is 0. The molecule has 1 unspecified atom stereocenters. The highest BCUT2D eigenvalue weighted by atomic mass is 35.5. The SMILES string of the molecule is CC(CO)(Nc1ccc(Cl)cc1)C(=O)O. The first-order valence-corrected chi connectivity index (χ1v) is 4.74. The van der Waals surface area contributed by atoms with Gasteiger partial charge in [0.2, 0.25) is 0 Å². The summed E-state index contributed by atoms with van der Waals surface area (Å²) in [6.07, 6.45) is 0. The molecule has 0 bridgehead atoms. The molecule has 0 spiro atoms. The normalized spacial score (nSPS) is 14.3. The van der Waals surface area contributed by atoms with Crippen LogP contribution in [0.2, 0.25) is 5.02 Å². The summed E-state index contributed by atoms with van der Waals surface area (Å²) in [6, 6.07) is 6.59. The van der Waals surface area contributed by atoms with Gasteiger partial charge in [-0.2, -0.15) is 0 Å². The molecule has 15 heavy (non-hydrogen) atoms. The average molecular weight is 230 g/mol. The molecule has 1 aromatic rings. The van der Waals surface area contributed by atoms with Crippen molar-refractivity contribution < 1.29 is 15.0 Å². The maximum Gasteiger partial charge on any atom is 0.331 e. The van der Waals surface area contributed by atoms with Gasteiger partial charge in [0.25, 0.3) is 0 Å². The lowest BCUT2D eigenvalue weighted by molar-refractivity contribution is -0.143. The molecule has 5 heteroatoms. The van der Waals surface area contributed by atoms with E-state index in [4.69, 9.17) is 21.8 Å². The van der Waals surface area contributed by atoms with E-state index in [0.717, 1.165) is 0 Å². The van der Waals surface area contributed by atoms with Gasteiger partial charge in [0.15, 0.2) is 5.54 Å². The van der Waals surface area contributed by atoms with Crippen molar-refractivity contribution in [3.05, 3.63) is 29.3 Å². The molecule has 4 nitrogen and oxygen atoms in total. The first-order chi connectivity index (χ1) is 6.98. The molecule has 0 heterocycles. The van der Waals surface area contributed by atoms with E-state index in [1.807, 2.05) is 0 Å². The van der Waals surface area contributed by atoms with E-state index >= 15 is 0 Å². The van der Waals surface area contributed by atoms with E-state index in [1.54, 1.807) is 24.3 Å². The van der Waals surface area contributed by atoms with E-state index in [0.29, 0.717) is 10.7 Å². The molecule has 0 aliphatic heterocycles. The van der Waals surface area contributed by atoms with Crippen LogP contribution in [0.1, 0.15) is 6.92 Å². The third kappa shape index (κ3) is 2.84. The van der Waals surface area contributed by atoms with Crippen LogP contribution in [0.3, 0.4) is 0 Å². The Labute approximate surface area is 92.5 Å². The van der Waals surface area contributed by atoms with Crippen molar-refractivity contribution in [3.8, 4) is 0 Å². The second-order valence-corrected chi connectivity index (χ2v) is 3.86. The Morgan fingerprint density at radius 3 is 2.40 bits per heavy atom. The van der Waals surface area contributed by atoms with Crippen LogP contribution in [0.5, 0.6) is 0 Å². The molecule has 82 valence electrons. The molecule has 0 aliphatic rings. The molecule has 1 aromatic carbocycles. The maximum absolute atomic E-state index is 10.9. The number of benzene rings is 1. The zero-order valence-electron chi connectivity index (χ0n) is 8.20. The van der Waals surface area contributed by atoms with Crippen LogP contribution in [0.15, 0.2) is 24.3 Å². The number of carbonyl (C=O) groups is 1. The van der Waals surface area contributed by atoms with E-state index in [-0.39, 0.29) is 0 Å². The molecule has 3 N–H and O–H groups in total. The highest BCUT2D eigenvalue weighted by Crippen LogP contribution is 2.18. The van der Waals surface area contributed by atoms with Crippen LogP contribution in [0.25, 0.3) is 0 Å². The minimum absolute atomic E-state index is 0.495. The van der Waals surface area contributed by atoms with Gasteiger partial charge in [-0.1, -0.05) is 11.6 Å². The highest BCUT2D eigenvalue weighted by Gasteiger charge is 2.32. The second kappa shape index (κ2) is 4.51. The summed E-state index contributed by atoms with van der Waals surface area (Å²) in [4.78, 5) is 10.9. The zero-order chi connectivity index (χ0) is 11.5. The lowest BCUT2D eigenvalue weighted by Crippen LogP contribution is -2.46. The Morgan fingerprint density at radius 2 is 2.00 bits per heavy atom. The number of aliphatic carboxylic acids is 1. The quantitative estimate of drug-likeness (QED) is 0.733. The molecular formula is C10H12ClNO3. The second-order valence-electron chi connectivity index (χ2n) is 3.43. The standard InChI is InChI=1S/C10H12ClNO3/c1-10(6-13,9(14)15)12-8-4-2-7(11)3-5-8/h2-5,12-13H,6H2,1H3,(H,14,15). The third-order valence-corrected chi connectivity index (χ3v) is 2.30. The van der Waals surface area contributed by atoms with E-state index in [2.05, 4.69) is 5.32 Å². The molecule has 0 radical (unpaired) electrons. The fourth-order valence-corrected chi connectivity index (χ4v) is 1.14. The first-order valence-electron chi connectivity index (χ1n) is 4.36. The zero-order valence-corrected chi connectivity index (χ0v) is 8.95. The van der Waals surface area contributed by atoms with Crippen molar-refractivity contribution in [1.29, 1.82) is 0 Å². The van der Waals surface area contributed by atoms with Crippen LogP contribution in [-0.2, 0) is 4.79 Å². The van der Waals surface area contributed by atoms with Gasteiger partial charge >= 0.3 is 5.97 Å². The number of anilines is 1. The Hall–Kier alpha value is -1.26. The van der Waals surface area contributed by atoms with Crippen molar-refractivity contribution in [2.45, 2.75) is 12.5 Å². The summed E-state index contributed by atoms with van der Waals surface area (Å²) in [6.45, 7) is 0.912. The van der Waals surface area contributed by atoms with Gasteiger partial charge in [0, 0.05) is 10.7 Å². The molecule has 0 aliphatic carbocycles. The topological polar surface area (TPSA) is 69.6 Å². The smallest absolute Gasteiger partial charge is 0.331 e. The minimum Gasteiger partial charge on any atom is -0.479 e. The predicted molar refractivity (Wildman–Crippen MR) is 58.2 cm³/mol. The van der Waals surface area contributed by atoms with Crippen molar-refractivity contribution in [1.82, 2.24) is 0 Å². The maximum atomic E-state index is 10.9. The van der Waals surface area contributed by atoms with Crippen molar-refractivity contribution in [3.63, 3.8) is 0 Å². The molecule has 1 atom stereocenters. The number of nitrogens with one attached hydrogen (secondary N) is 1. The number of hydrogen-bond acceptors (Lipinski definition) is 3. The molecule has 1 rings (SSSR count). The predicted octanol–water partition coefficient (Wildman–Crippen LogP) is 1.59. The van der Waals surface area contributed by atoms with Gasteiger partial charge in [-0.3, -0.25) is 0 Å². The average Bonchev–Trinajstić information content (AvgIpc) is 2.21. The Balaban J connectivity index is 2.84. The number of rotatable bonds is 4. The summed E-state index contributed by atoms with van der Waals surface area (Å²) in [5.41, 5.74) is -0.785. The fourth-order valence-electron chi connectivity index (χ4n) is 1.01. The lowest BCUT2D eigenvalue weighted by atomic mass is 10.0. The van der Waals surface area contributed by atoms with Gasteiger partial charge in [-0.05, 0) is 31.2 Å². The number of carboxylic acid groups (broad SMARTS) is 1. The number of aliphatic hydroxyl groups excluding tert-OH is 1. The van der Waals surface area contributed by atoms with E-state index in [1.165, 1.54) is 6.92 Å². The summed E-state index contributed by atoms with van der Waals surface area (Å²) < 4.78 is 0. The van der Waals surface area contributed by atoms with Gasteiger partial charge in [0.1, 0.15) is 0 Å². The largest absolute Gasteiger partial charge is 0.479 e. The molecule has 0 fully saturated rings. The van der Waals surface area contributed by atoms with Crippen LogP contribution in [-0.4, -0.2) is 28.3 Å². The van der Waals surface area contributed by atoms with Crippen molar-refractivity contribution in [2.75, 3.05) is 11.9 Å². The van der Waals surface area contributed by atoms with Crippen LogP contribution < -0.4 is 5.32 Å². The molecular weight excluding hydrogens is 218 g/mol. The molecule has 0 aromatic heterocycles. The lowest BCUT2D eigenvalue weighted by Gasteiger charge is -2.24. The monoisotopic (exact) mass is 229 g/mol. The number of hydrogen-bond donors (Lipinski definition) is 3. The van der Waals surface area contributed by atoms with Crippen LogP contribution in [0, 0.1) is 0 Å². The van der Waals surface area contributed by atoms with Crippen LogP contribution in [0.4, 0.5) is 5.69 Å². The van der Waals surface area contributed by atoms with Gasteiger partial charge in [-0.25, -0.2) is 4.79 Å². The van der Waals surface area contributed by atoms with Gasteiger partial charge < -0.3 is 15.5 Å². The summed E-state index contributed by atoms with van der Waals surface area (Å²) >= 11 is 5.69. The molecule has 0 saturated heterocycles. The Bertz CT molecular complexity index is 352. The highest BCUT2D eigenvalue weighted by molar-refractivity contribution is 6.30. The van der Waals surface area contributed by atoms with E-state index < -0.39 is 18.1 Å². The van der Waals surface area contributed by atoms with E-state index in [9.17, 15) is 4.79 Å². The minimum atomic E-state index is -1.38. The van der Waals surface area contributed by atoms with Crippen molar-refractivity contribution >= 4 is 23.3 Å². The Morgan fingerprint density at radius 1 is 1.47 bits per heavy atom. The number of halogens is 1. The molecule has 0 amide bonds. The Kier molecular flexibility index (Phi) is 3.55. The fraction of sp³-hybridized carbons (Fsp3) is 0.300.